The Hall–Kier alpha value is -1.01. The van der Waals surface area contributed by atoms with Crippen LogP contribution in [0.15, 0.2) is 12.1 Å². The van der Waals surface area contributed by atoms with Crippen LogP contribution in [-0.4, -0.2) is 31.0 Å². The lowest BCUT2D eigenvalue weighted by Crippen LogP contribution is -2.27. The summed E-state index contributed by atoms with van der Waals surface area (Å²) in [6.07, 6.45) is 0.591. The predicted molar refractivity (Wildman–Crippen MR) is 72.7 cm³/mol. The number of ether oxygens (including phenoxy) is 1. The first-order valence-corrected chi connectivity index (χ1v) is 7.06. The minimum Gasteiger partial charge on any atom is -0.381 e. The number of alkyl halides is 1. The van der Waals surface area contributed by atoms with E-state index in [1.165, 1.54) is 13.0 Å². The number of amides is 1. The SMILES string of the molecule is Cc1ccc(F)c(C(=O)NCCCOCCBr)c1F. The molecule has 1 N–H and O–H groups in total. The van der Waals surface area contributed by atoms with Crippen LogP contribution in [0.1, 0.15) is 22.3 Å². The fourth-order valence-electron chi connectivity index (χ4n) is 1.49. The zero-order valence-electron chi connectivity index (χ0n) is 10.6. The first-order chi connectivity index (χ1) is 9.07. The molecule has 0 heterocycles. The third-order valence-electron chi connectivity index (χ3n) is 2.48. The maximum absolute atomic E-state index is 13.7. The highest BCUT2D eigenvalue weighted by atomic mass is 79.9. The van der Waals surface area contributed by atoms with E-state index in [2.05, 4.69) is 21.2 Å². The van der Waals surface area contributed by atoms with E-state index in [0.717, 1.165) is 11.4 Å². The van der Waals surface area contributed by atoms with Gasteiger partial charge in [0.05, 0.1) is 6.61 Å². The molecule has 19 heavy (non-hydrogen) atoms. The van der Waals surface area contributed by atoms with Crippen molar-refractivity contribution in [1.82, 2.24) is 5.32 Å². The summed E-state index contributed by atoms with van der Waals surface area (Å²) in [5, 5.41) is 3.22. The van der Waals surface area contributed by atoms with Gasteiger partial charge in [0.15, 0.2) is 0 Å². The van der Waals surface area contributed by atoms with Crippen molar-refractivity contribution in [2.24, 2.45) is 0 Å². The van der Waals surface area contributed by atoms with Gasteiger partial charge in [-0.05, 0) is 25.0 Å². The van der Waals surface area contributed by atoms with E-state index in [9.17, 15) is 13.6 Å². The molecule has 1 rings (SSSR count). The van der Waals surface area contributed by atoms with E-state index in [1.54, 1.807) is 0 Å². The average molecular weight is 336 g/mol. The molecule has 0 aliphatic carbocycles. The fraction of sp³-hybridized carbons (Fsp3) is 0.462. The Morgan fingerprint density at radius 2 is 2.11 bits per heavy atom. The monoisotopic (exact) mass is 335 g/mol. The van der Waals surface area contributed by atoms with E-state index >= 15 is 0 Å². The molecule has 0 spiro atoms. The number of carbonyl (C=O) groups excluding carboxylic acids is 1. The molecule has 0 atom stereocenters. The molecule has 6 heteroatoms. The van der Waals surface area contributed by atoms with Gasteiger partial charge in [-0.3, -0.25) is 4.79 Å². The molecular weight excluding hydrogens is 320 g/mol. The molecule has 1 aromatic carbocycles. The molecule has 0 unspecified atom stereocenters. The number of hydrogen-bond acceptors (Lipinski definition) is 2. The first-order valence-electron chi connectivity index (χ1n) is 5.94. The van der Waals surface area contributed by atoms with Crippen molar-refractivity contribution in [1.29, 1.82) is 0 Å². The van der Waals surface area contributed by atoms with Crippen LogP contribution in [0.25, 0.3) is 0 Å². The van der Waals surface area contributed by atoms with Crippen LogP contribution in [0.2, 0.25) is 0 Å². The molecule has 0 fully saturated rings. The molecule has 0 saturated heterocycles. The second kappa shape index (κ2) is 8.22. The average Bonchev–Trinajstić information content (AvgIpc) is 2.38. The van der Waals surface area contributed by atoms with Crippen molar-refractivity contribution in [3.05, 3.63) is 34.9 Å². The maximum atomic E-state index is 13.7. The Bertz CT molecular complexity index is 441. The van der Waals surface area contributed by atoms with Crippen molar-refractivity contribution in [3.63, 3.8) is 0 Å². The summed E-state index contributed by atoms with van der Waals surface area (Å²) in [5.41, 5.74) is -0.284. The number of nitrogens with one attached hydrogen (secondary N) is 1. The second-order valence-electron chi connectivity index (χ2n) is 3.96. The number of halogens is 3. The molecule has 0 aliphatic heterocycles. The van der Waals surface area contributed by atoms with Crippen LogP contribution in [0.3, 0.4) is 0 Å². The van der Waals surface area contributed by atoms with Gasteiger partial charge in [0, 0.05) is 18.5 Å². The molecule has 1 aromatic rings. The smallest absolute Gasteiger partial charge is 0.257 e. The van der Waals surface area contributed by atoms with Gasteiger partial charge in [0.1, 0.15) is 17.2 Å². The number of hydrogen-bond donors (Lipinski definition) is 1. The highest BCUT2D eigenvalue weighted by molar-refractivity contribution is 9.09. The van der Waals surface area contributed by atoms with Crippen LogP contribution in [0, 0.1) is 18.6 Å². The fourth-order valence-corrected chi connectivity index (χ4v) is 1.71. The van der Waals surface area contributed by atoms with E-state index in [4.69, 9.17) is 4.74 Å². The van der Waals surface area contributed by atoms with Crippen LogP contribution in [0.5, 0.6) is 0 Å². The van der Waals surface area contributed by atoms with Crippen molar-refractivity contribution in [2.45, 2.75) is 13.3 Å². The van der Waals surface area contributed by atoms with Gasteiger partial charge >= 0.3 is 0 Å². The molecule has 106 valence electrons. The van der Waals surface area contributed by atoms with E-state index in [-0.39, 0.29) is 5.56 Å². The summed E-state index contributed by atoms with van der Waals surface area (Å²) < 4.78 is 32.3. The standard InChI is InChI=1S/C13H16BrF2NO2/c1-9-3-4-10(15)11(12(9)16)13(18)17-6-2-7-19-8-5-14/h3-4H,2,5-8H2,1H3,(H,17,18). The molecule has 0 bridgehead atoms. The lowest BCUT2D eigenvalue weighted by molar-refractivity contribution is 0.0936. The predicted octanol–water partition coefficient (Wildman–Crippen LogP) is 2.80. The van der Waals surface area contributed by atoms with E-state index in [1.807, 2.05) is 0 Å². The maximum Gasteiger partial charge on any atom is 0.257 e. The number of aryl methyl sites for hydroxylation is 1. The molecule has 3 nitrogen and oxygen atoms in total. The van der Waals surface area contributed by atoms with Gasteiger partial charge in [0.25, 0.3) is 5.91 Å². The number of carbonyl (C=O) groups is 1. The van der Waals surface area contributed by atoms with Crippen molar-refractivity contribution < 1.29 is 18.3 Å². The minimum absolute atomic E-state index is 0.243. The number of rotatable bonds is 7. The van der Waals surface area contributed by atoms with E-state index < -0.39 is 23.1 Å². The molecular formula is C13H16BrF2NO2. The zero-order valence-corrected chi connectivity index (χ0v) is 12.2. The second-order valence-corrected chi connectivity index (χ2v) is 4.76. The van der Waals surface area contributed by atoms with Gasteiger partial charge < -0.3 is 10.1 Å². The van der Waals surface area contributed by atoms with Gasteiger partial charge in [-0.2, -0.15) is 0 Å². The summed E-state index contributed by atoms with van der Waals surface area (Å²) in [7, 11) is 0. The Morgan fingerprint density at radius 1 is 1.37 bits per heavy atom. The summed E-state index contributed by atoms with van der Waals surface area (Å²) in [6.45, 7) is 2.88. The van der Waals surface area contributed by atoms with Crippen molar-refractivity contribution in [2.75, 3.05) is 25.1 Å². The summed E-state index contributed by atoms with van der Waals surface area (Å²) in [4.78, 5) is 11.7. The summed E-state index contributed by atoms with van der Waals surface area (Å²) >= 11 is 3.22. The van der Waals surface area contributed by atoms with Crippen molar-refractivity contribution in [3.8, 4) is 0 Å². The minimum atomic E-state index is -0.851. The summed E-state index contributed by atoms with van der Waals surface area (Å²) in [5.74, 6) is -2.40. The third kappa shape index (κ3) is 4.87. The zero-order chi connectivity index (χ0) is 14.3. The lowest BCUT2D eigenvalue weighted by atomic mass is 10.1. The normalized spacial score (nSPS) is 10.5. The van der Waals surface area contributed by atoms with E-state index in [0.29, 0.717) is 26.2 Å². The lowest BCUT2D eigenvalue weighted by Gasteiger charge is -2.08. The Labute approximate surface area is 119 Å². The largest absolute Gasteiger partial charge is 0.381 e. The first kappa shape index (κ1) is 16.0. The third-order valence-corrected chi connectivity index (χ3v) is 2.81. The Balaban J connectivity index is 2.48. The van der Waals surface area contributed by atoms with Crippen LogP contribution < -0.4 is 5.32 Å². The number of benzene rings is 1. The van der Waals surface area contributed by atoms with Crippen molar-refractivity contribution >= 4 is 21.8 Å². The van der Waals surface area contributed by atoms with Gasteiger partial charge in [0.2, 0.25) is 0 Å². The molecule has 0 aliphatic rings. The molecule has 0 saturated carbocycles. The summed E-state index contributed by atoms with van der Waals surface area (Å²) in [6, 6.07) is 2.39. The van der Waals surface area contributed by atoms with Crippen LogP contribution in [-0.2, 0) is 4.74 Å². The molecule has 0 radical (unpaired) electrons. The van der Waals surface area contributed by atoms with Crippen LogP contribution >= 0.6 is 15.9 Å². The van der Waals surface area contributed by atoms with Crippen LogP contribution in [0.4, 0.5) is 8.78 Å². The molecule has 1 amide bonds. The highest BCUT2D eigenvalue weighted by Gasteiger charge is 2.18. The van der Waals surface area contributed by atoms with Gasteiger partial charge in [-0.25, -0.2) is 8.78 Å². The van der Waals surface area contributed by atoms with Gasteiger partial charge in [-0.1, -0.05) is 22.0 Å². The highest BCUT2D eigenvalue weighted by Crippen LogP contribution is 2.15. The Morgan fingerprint density at radius 3 is 2.79 bits per heavy atom. The molecule has 0 aromatic heterocycles. The quantitative estimate of drug-likeness (QED) is 0.614. The topological polar surface area (TPSA) is 38.3 Å². The van der Waals surface area contributed by atoms with Gasteiger partial charge in [-0.15, -0.1) is 0 Å². The Kier molecular flexibility index (Phi) is 6.94.